The Bertz CT molecular complexity index is 298. The van der Waals surface area contributed by atoms with Gasteiger partial charge in [-0.25, -0.2) is 0 Å². The molecule has 1 unspecified atom stereocenters. The predicted octanol–water partition coefficient (Wildman–Crippen LogP) is 1.91. The lowest BCUT2D eigenvalue weighted by Gasteiger charge is -2.24. The molecular weight excluding hydrogens is 214 g/mol. The largest absolute Gasteiger partial charge is 0.384 e. The standard InChI is InChI=1S/C14H23NO2/c1-3-17-11-7-10-15-12-14(2,16)13-8-5-4-6-9-13/h4-6,8-9,15-16H,3,7,10-12H2,1-2H3. The van der Waals surface area contributed by atoms with Gasteiger partial charge >= 0.3 is 0 Å². The summed E-state index contributed by atoms with van der Waals surface area (Å²) in [6, 6.07) is 9.73. The fraction of sp³-hybridized carbons (Fsp3) is 0.571. The van der Waals surface area contributed by atoms with Crippen molar-refractivity contribution >= 4 is 0 Å². The average Bonchev–Trinajstić information content (AvgIpc) is 2.35. The van der Waals surface area contributed by atoms with E-state index in [1.165, 1.54) is 0 Å². The van der Waals surface area contributed by atoms with Gasteiger partial charge in [0.15, 0.2) is 0 Å². The minimum Gasteiger partial charge on any atom is -0.384 e. The summed E-state index contributed by atoms with van der Waals surface area (Å²) in [5.41, 5.74) is 0.129. The van der Waals surface area contributed by atoms with Crippen molar-refractivity contribution in [1.82, 2.24) is 5.32 Å². The first-order valence-electron chi connectivity index (χ1n) is 6.23. The van der Waals surface area contributed by atoms with Gasteiger partial charge in [0.25, 0.3) is 0 Å². The first-order valence-corrected chi connectivity index (χ1v) is 6.23. The van der Waals surface area contributed by atoms with Crippen LogP contribution in [-0.4, -0.2) is 31.4 Å². The zero-order valence-electron chi connectivity index (χ0n) is 10.8. The van der Waals surface area contributed by atoms with Gasteiger partial charge in [-0.15, -0.1) is 0 Å². The van der Waals surface area contributed by atoms with Gasteiger partial charge in [0.2, 0.25) is 0 Å². The van der Waals surface area contributed by atoms with Crippen molar-refractivity contribution in [2.45, 2.75) is 25.9 Å². The van der Waals surface area contributed by atoms with Crippen LogP contribution in [0.5, 0.6) is 0 Å². The van der Waals surface area contributed by atoms with Crippen LogP contribution in [0.15, 0.2) is 30.3 Å². The molecule has 1 rings (SSSR count). The number of benzene rings is 1. The van der Waals surface area contributed by atoms with Gasteiger partial charge in [0.1, 0.15) is 0 Å². The Morgan fingerprint density at radius 1 is 1.29 bits per heavy atom. The minimum atomic E-state index is -0.813. The SMILES string of the molecule is CCOCCCNCC(C)(O)c1ccccc1. The maximum atomic E-state index is 10.3. The van der Waals surface area contributed by atoms with Crippen LogP contribution >= 0.6 is 0 Å². The monoisotopic (exact) mass is 237 g/mol. The smallest absolute Gasteiger partial charge is 0.0992 e. The van der Waals surface area contributed by atoms with Crippen LogP contribution in [0.2, 0.25) is 0 Å². The molecule has 0 aromatic heterocycles. The summed E-state index contributed by atoms with van der Waals surface area (Å²) >= 11 is 0. The van der Waals surface area contributed by atoms with E-state index in [4.69, 9.17) is 4.74 Å². The summed E-state index contributed by atoms with van der Waals surface area (Å²) in [6.07, 6.45) is 0.971. The predicted molar refractivity (Wildman–Crippen MR) is 70.0 cm³/mol. The Hall–Kier alpha value is -0.900. The highest BCUT2D eigenvalue weighted by atomic mass is 16.5. The molecule has 3 heteroatoms. The molecule has 0 spiro atoms. The molecule has 0 heterocycles. The number of rotatable bonds is 8. The number of hydrogen-bond donors (Lipinski definition) is 2. The second-order valence-electron chi connectivity index (χ2n) is 4.37. The van der Waals surface area contributed by atoms with Gasteiger partial charge in [0.05, 0.1) is 5.60 Å². The molecule has 0 saturated heterocycles. The fourth-order valence-electron chi connectivity index (χ4n) is 1.67. The molecule has 0 saturated carbocycles. The fourth-order valence-corrected chi connectivity index (χ4v) is 1.67. The third kappa shape index (κ3) is 5.31. The van der Waals surface area contributed by atoms with E-state index in [-0.39, 0.29) is 0 Å². The summed E-state index contributed by atoms with van der Waals surface area (Å²) in [5.74, 6) is 0. The van der Waals surface area contributed by atoms with E-state index in [2.05, 4.69) is 5.32 Å². The zero-order chi connectivity index (χ0) is 12.6. The molecule has 0 radical (unpaired) electrons. The molecule has 0 bridgehead atoms. The molecule has 2 N–H and O–H groups in total. The van der Waals surface area contributed by atoms with Crippen LogP contribution in [0.4, 0.5) is 0 Å². The normalized spacial score (nSPS) is 14.5. The van der Waals surface area contributed by atoms with E-state index in [0.29, 0.717) is 6.54 Å². The highest BCUT2D eigenvalue weighted by molar-refractivity contribution is 5.21. The first-order chi connectivity index (χ1) is 8.17. The molecule has 0 amide bonds. The lowest BCUT2D eigenvalue weighted by Crippen LogP contribution is -2.36. The van der Waals surface area contributed by atoms with Gasteiger partial charge in [-0.1, -0.05) is 30.3 Å². The van der Waals surface area contributed by atoms with E-state index in [1.807, 2.05) is 44.2 Å². The third-order valence-corrected chi connectivity index (χ3v) is 2.71. The molecule has 17 heavy (non-hydrogen) atoms. The molecule has 96 valence electrons. The second kappa shape index (κ2) is 7.43. The highest BCUT2D eigenvalue weighted by Crippen LogP contribution is 2.18. The molecule has 1 aromatic rings. The van der Waals surface area contributed by atoms with Crippen LogP contribution in [-0.2, 0) is 10.3 Å². The Kier molecular flexibility index (Phi) is 6.19. The van der Waals surface area contributed by atoms with Crippen LogP contribution in [0.25, 0.3) is 0 Å². The minimum absolute atomic E-state index is 0.559. The highest BCUT2D eigenvalue weighted by Gasteiger charge is 2.21. The van der Waals surface area contributed by atoms with E-state index < -0.39 is 5.60 Å². The van der Waals surface area contributed by atoms with Gasteiger partial charge in [-0.3, -0.25) is 0 Å². The van der Waals surface area contributed by atoms with Gasteiger partial charge < -0.3 is 15.2 Å². The van der Waals surface area contributed by atoms with E-state index >= 15 is 0 Å². The van der Waals surface area contributed by atoms with Crippen molar-refractivity contribution in [1.29, 1.82) is 0 Å². The van der Waals surface area contributed by atoms with E-state index in [9.17, 15) is 5.11 Å². The quantitative estimate of drug-likeness (QED) is 0.679. The average molecular weight is 237 g/mol. The van der Waals surface area contributed by atoms with Gasteiger partial charge in [-0.2, -0.15) is 0 Å². The number of hydrogen-bond acceptors (Lipinski definition) is 3. The molecule has 1 aromatic carbocycles. The molecular formula is C14H23NO2. The molecule has 0 aliphatic heterocycles. The summed E-state index contributed by atoms with van der Waals surface area (Å²) in [4.78, 5) is 0. The Morgan fingerprint density at radius 3 is 2.65 bits per heavy atom. The van der Waals surface area contributed by atoms with Crippen molar-refractivity contribution in [2.75, 3.05) is 26.3 Å². The lowest BCUT2D eigenvalue weighted by molar-refractivity contribution is 0.0560. The molecule has 0 aliphatic rings. The third-order valence-electron chi connectivity index (χ3n) is 2.71. The second-order valence-corrected chi connectivity index (χ2v) is 4.37. The van der Waals surface area contributed by atoms with Crippen molar-refractivity contribution < 1.29 is 9.84 Å². The Balaban J connectivity index is 2.26. The van der Waals surface area contributed by atoms with Crippen molar-refractivity contribution in [3.63, 3.8) is 0 Å². The Labute approximate surface area is 104 Å². The molecule has 0 fully saturated rings. The number of aliphatic hydroxyl groups is 1. The van der Waals surface area contributed by atoms with Crippen molar-refractivity contribution in [2.24, 2.45) is 0 Å². The van der Waals surface area contributed by atoms with Crippen LogP contribution in [0.1, 0.15) is 25.8 Å². The molecule has 3 nitrogen and oxygen atoms in total. The topological polar surface area (TPSA) is 41.5 Å². The van der Waals surface area contributed by atoms with Crippen LogP contribution in [0, 0.1) is 0 Å². The van der Waals surface area contributed by atoms with E-state index in [0.717, 1.165) is 31.7 Å². The summed E-state index contributed by atoms with van der Waals surface area (Å²) in [6.45, 7) is 6.79. The van der Waals surface area contributed by atoms with Gasteiger partial charge in [0, 0.05) is 19.8 Å². The van der Waals surface area contributed by atoms with Crippen molar-refractivity contribution in [3.05, 3.63) is 35.9 Å². The maximum Gasteiger partial charge on any atom is 0.0992 e. The van der Waals surface area contributed by atoms with Crippen molar-refractivity contribution in [3.8, 4) is 0 Å². The van der Waals surface area contributed by atoms with Crippen LogP contribution in [0.3, 0.4) is 0 Å². The number of ether oxygens (including phenoxy) is 1. The summed E-state index contributed by atoms with van der Waals surface area (Å²) in [5, 5.41) is 13.5. The zero-order valence-corrected chi connectivity index (χ0v) is 10.8. The van der Waals surface area contributed by atoms with Crippen LogP contribution < -0.4 is 5.32 Å². The summed E-state index contributed by atoms with van der Waals surface area (Å²) in [7, 11) is 0. The van der Waals surface area contributed by atoms with E-state index in [1.54, 1.807) is 0 Å². The van der Waals surface area contributed by atoms with Gasteiger partial charge in [-0.05, 0) is 32.4 Å². The molecule has 0 aliphatic carbocycles. The molecule has 1 atom stereocenters. The summed E-state index contributed by atoms with van der Waals surface area (Å²) < 4.78 is 5.25. The lowest BCUT2D eigenvalue weighted by atomic mass is 9.96. The number of nitrogens with one attached hydrogen (secondary N) is 1. The Morgan fingerprint density at radius 2 is 2.00 bits per heavy atom. The first kappa shape index (κ1) is 14.2. The maximum absolute atomic E-state index is 10.3.